The normalized spacial score (nSPS) is 12.8. The lowest BCUT2D eigenvalue weighted by molar-refractivity contribution is -0.145. The molecule has 0 saturated carbocycles. The van der Waals surface area contributed by atoms with Gasteiger partial charge in [-0.25, -0.2) is 4.79 Å². The number of ether oxygens (including phenoxy) is 1. The van der Waals surface area contributed by atoms with Gasteiger partial charge in [-0.3, -0.25) is 9.59 Å². The molecule has 0 aliphatic carbocycles. The monoisotopic (exact) mass is 519 g/mol. The summed E-state index contributed by atoms with van der Waals surface area (Å²) in [6.07, 6.45) is 5.48. The molecular formula is C31H41N3O4. The first-order valence-electron chi connectivity index (χ1n) is 13.0. The van der Waals surface area contributed by atoms with Crippen molar-refractivity contribution in [2.45, 2.75) is 85.2 Å². The molecule has 2 atom stereocenters. The molecule has 38 heavy (non-hydrogen) atoms. The topological polar surface area (TPSA) is 87.7 Å². The van der Waals surface area contributed by atoms with Gasteiger partial charge in [0.1, 0.15) is 17.7 Å². The Morgan fingerprint density at radius 2 is 1.58 bits per heavy atom. The number of hydrogen-bond donors (Lipinski definition) is 2. The quantitative estimate of drug-likeness (QED) is 0.422. The van der Waals surface area contributed by atoms with Crippen molar-refractivity contribution in [3.63, 3.8) is 0 Å². The Morgan fingerprint density at radius 1 is 0.974 bits per heavy atom. The molecule has 7 nitrogen and oxygen atoms in total. The number of carbonyl (C=O) groups is 3. The summed E-state index contributed by atoms with van der Waals surface area (Å²) in [4.78, 5) is 42.1. The molecule has 2 aromatic carbocycles. The Morgan fingerprint density at radius 3 is 2.13 bits per heavy atom. The van der Waals surface area contributed by atoms with E-state index in [0.717, 1.165) is 5.56 Å². The minimum absolute atomic E-state index is 0.0938. The number of benzene rings is 2. The number of terminal acetylenes is 1. The van der Waals surface area contributed by atoms with Gasteiger partial charge in [-0.1, -0.05) is 68.3 Å². The number of nitrogens with zero attached hydrogens (tertiary/aromatic N) is 1. The summed E-state index contributed by atoms with van der Waals surface area (Å²) in [6, 6.07) is 14.4. The molecule has 0 aromatic heterocycles. The summed E-state index contributed by atoms with van der Waals surface area (Å²) in [7, 11) is 0. The molecule has 0 spiro atoms. The third kappa shape index (κ3) is 8.95. The Hall–Kier alpha value is -3.79. The van der Waals surface area contributed by atoms with Crippen LogP contribution >= 0.6 is 0 Å². The van der Waals surface area contributed by atoms with E-state index in [1.54, 1.807) is 45.0 Å². The van der Waals surface area contributed by atoms with E-state index < -0.39 is 23.8 Å². The molecule has 2 aromatic rings. The lowest BCUT2D eigenvalue weighted by Gasteiger charge is -2.38. The first-order valence-corrected chi connectivity index (χ1v) is 13.0. The summed E-state index contributed by atoms with van der Waals surface area (Å²) >= 11 is 0. The van der Waals surface area contributed by atoms with Gasteiger partial charge in [-0.05, 0) is 64.2 Å². The van der Waals surface area contributed by atoms with Crippen molar-refractivity contribution in [3.05, 3.63) is 71.3 Å². The molecule has 2 unspecified atom stereocenters. The number of amides is 3. The van der Waals surface area contributed by atoms with E-state index in [4.69, 9.17) is 11.2 Å². The van der Waals surface area contributed by atoms with Gasteiger partial charge >= 0.3 is 6.09 Å². The second-order valence-corrected chi connectivity index (χ2v) is 11.0. The zero-order valence-corrected chi connectivity index (χ0v) is 23.6. The van der Waals surface area contributed by atoms with E-state index in [1.165, 1.54) is 4.90 Å². The molecule has 0 aliphatic rings. The highest BCUT2D eigenvalue weighted by Crippen LogP contribution is 2.28. The highest BCUT2D eigenvalue weighted by atomic mass is 16.6. The number of hydrogen-bond acceptors (Lipinski definition) is 4. The maximum Gasteiger partial charge on any atom is 0.408 e. The summed E-state index contributed by atoms with van der Waals surface area (Å²) in [5.74, 6) is 2.00. The van der Waals surface area contributed by atoms with E-state index in [1.807, 2.05) is 58.0 Å². The van der Waals surface area contributed by atoms with Gasteiger partial charge in [0.25, 0.3) is 0 Å². The first-order chi connectivity index (χ1) is 17.8. The number of nitrogens with one attached hydrogen (secondary N) is 2. The fourth-order valence-electron chi connectivity index (χ4n) is 4.17. The second-order valence-electron chi connectivity index (χ2n) is 11.0. The third-order valence-electron chi connectivity index (χ3n) is 5.75. The van der Waals surface area contributed by atoms with Gasteiger partial charge in [0.05, 0.1) is 0 Å². The predicted molar refractivity (Wildman–Crippen MR) is 150 cm³/mol. The molecule has 0 aliphatic heterocycles. The summed E-state index contributed by atoms with van der Waals surface area (Å²) in [5, 5.41) is 5.72. The van der Waals surface area contributed by atoms with Crippen LogP contribution in [0.2, 0.25) is 0 Å². The van der Waals surface area contributed by atoms with Crippen LogP contribution in [0.3, 0.4) is 0 Å². The Bertz CT molecular complexity index is 1130. The van der Waals surface area contributed by atoms with Crippen LogP contribution < -0.4 is 10.6 Å². The fourth-order valence-corrected chi connectivity index (χ4v) is 4.17. The number of alkyl carbamates (subject to hydrolysis) is 1. The highest BCUT2D eigenvalue weighted by Gasteiger charge is 2.38. The van der Waals surface area contributed by atoms with Crippen LogP contribution in [0.25, 0.3) is 0 Å². The molecule has 0 fully saturated rings. The van der Waals surface area contributed by atoms with Gasteiger partial charge in [0.15, 0.2) is 0 Å². The Labute approximate surface area is 227 Å². The van der Waals surface area contributed by atoms with Crippen LogP contribution in [0.1, 0.15) is 77.6 Å². The maximum absolute atomic E-state index is 14.1. The SMILES string of the molecule is C#Cc1ccccc1C(C(=O)NCc1ccccc1)N(C(=O)C(CC(C)C)NC(=O)OC(C)(C)C)C(C)C. The van der Waals surface area contributed by atoms with Crippen LogP contribution in [0, 0.1) is 18.3 Å². The van der Waals surface area contributed by atoms with Crippen molar-refractivity contribution < 1.29 is 19.1 Å². The molecular weight excluding hydrogens is 478 g/mol. The Balaban J connectivity index is 2.51. The maximum atomic E-state index is 14.1. The molecule has 3 amide bonds. The molecule has 204 valence electrons. The van der Waals surface area contributed by atoms with Crippen molar-refractivity contribution in [1.29, 1.82) is 0 Å². The van der Waals surface area contributed by atoms with E-state index in [0.29, 0.717) is 24.1 Å². The lowest BCUT2D eigenvalue weighted by atomic mass is 9.95. The van der Waals surface area contributed by atoms with Crippen molar-refractivity contribution in [2.75, 3.05) is 0 Å². The van der Waals surface area contributed by atoms with Crippen LogP contribution in [0.15, 0.2) is 54.6 Å². The van der Waals surface area contributed by atoms with Crippen molar-refractivity contribution in [3.8, 4) is 12.3 Å². The van der Waals surface area contributed by atoms with Crippen LogP contribution in [0.4, 0.5) is 4.79 Å². The average molecular weight is 520 g/mol. The smallest absolute Gasteiger partial charge is 0.408 e. The minimum atomic E-state index is -1.01. The molecule has 0 heterocycles. The zero-order valence-electron chi connectivity index (χ0n) is 23.6. The minimum Gasteiger partial charge on any atom is -0.444 e. The third-order valence-corrected chi connectivity index (χ3v) is 5.75. The molecule has 0 saturated heterocycles. The van der Waals surface area contributed by atoms with Crippen molar-refractivity contribution in [1.82, 2.24) is 15.5 Å². The number of rotatable bonds is 10. The van der Waals surface area contributed by atoms with Gasteiger partial charge in [-0.15, -0.1) is 6.42 Å². The average Bonchev–Trinajstić information content (AvgIpc) is 2.84. The van der Waals surface area contributed by atoms with Crippen LogP contribution in [-0.2, 0) is 20.9 Å². The van der Waals surface area contributed by atoms with Gasteiger partial charge < -0.3 is 20.3 Å². The summed E-state index contributed by atoms with van der Waals surface area (Å²) < 4.78 is 5.43. The van der Waals surface area contributed by atoms with E-state index in [2.05, 4.69) is 16.6 Å². The largest absolute Gasteiger partial charge is 0.444 e. The van der Waals surface area contributed by atoms with Crippen LogP contribution in [-0.4, -0.2) is 40.5 Å². The fraction of sp³-hybridized carbons (Fsp3) is 0.452. The van der Waals surface area contributed by atoms with Crippen molar-refractivity contribution in [2.24, 2.45) is 5.92 Å². The number of carbonyl (C=O) groups excluding carboxylic acids is 3. The zero-order chi connectivity index (χ0) is 28.5. The molecule has 7 heteroatoms. The van der Waals surface area contributed by atoms with Gasteiger partial charge in [-0.2, -0.15) is 0 Å². The van der Waals surface area contributed by atoms with E-state index in [-0.39, 0.29) is 23.8 Å². The van der Waals surface area contributed by atoms with Gasteiger partial charge in [0, 0.05) is 18.2 Å². The lowest BCUT2D eigenvalue weighted by Crippen LogP contribution is -2.55. The summed E-state index contributed by atoms with van der Waals surface area (Å²) in [5.41, 5.74) is 1.27. The highest BCUT2D eigenvalue weighted by molar-refractivity contribution is 5.92. The summed E-state index contributed by atoms with van der Waals surface area (Å²) in [6.45, 7) is 13.2. The molecule has 0 radical (unpaired) electrons. The molecule has 2 N–H and O–H groups in total. The molecule has 2 rings (SSSR count). The Kier molecular flexibility index (Phi) is 10.9. The second kappa shape index (κ2) is 13.7. The van der Waals surface area contributed by atoms with Crippen molar-refractivity contribution >= 4 is 17.9 Å². The standard InChI is InChI=1S/C31H41N3O4/c1-9-24-17-13-14-18-25(24)27(28(35)32-20-23-15-11-10-12-16-23)34(22(4)5)29(36)26(19-21(2)3)33-30(37)38-31(6,7)8/h1,10-18,21-22,26-27H,19-20H2,2-8H3,(H,32,35)(H,33,37). The first kappa shape index (κ1) is 30.4. The van der Waals surface area contributed by atoms with Gasteiger partial charge in [0.2, 0.25) is 11.8 Å². The van der Waals surface area contributed by atoms with Crippen LogP contribution in [0.5, 0.6) is 0 Å². The van der Waals surface area contributed by atoms with E-state index >= 15 is 0 Å². The predicted octanol–water partition coefficient (Wildman–Crippen LogP) is 5.20. The molecule has 0 bridgehead atoms. The van der Waals surface area contributed by atoms with E-state index in [9.17, 15) is 14.4 Å².